The topological polar surface area (TPSA) is 29.9 Å². The minimum absolute atomic E-state index is 0.347. The number of rotatable bonds is 3. The van der Waals surface area contributed by atoms with Crippen molar-refractivity contribution in [3.8, 4) is 11.3 Å². The number of aromatic nitrogens is 2. The van der Waals surface area contributed by atoms with E-state index in [1.54, 1.807) is 0 Å². The van der Waals surface area contributed by atoms with Crippen molar-refractivity contribution in [2.75, 3.05) is 13.1 Å². The van der Waals surface area contributed by atoms with Gasteiger partial charge in [-0.3, -0.25) is 0 Å². The first kappa shape index (κ1) is 13.7. The van der Waals surface area contributed by atoms with Crippen LogP contribution in [0.1, 0.15) is 19.8 Å². The van der Waals surface area contributed by atoms with Crippen LogP contribution in [-0.2, 0) is 6.54 Å². The van der Waals surface area contributed by atoms with Crippen LogP contribution >= 0.6 is 11.6 Å². The molecule has 0 unspecified atom stereocenters. The summed E-state index contributed by atoms with van der Waals surface area (Å²) in [5.41, 5.74) is 2.62. The molecule has 20 heavy (non-hydrogen) atoms. The second kappa shape index (κ2) is 5.58. The second-order valence-corrected chi connectivity index (χ2v) is 6.41. The van der Waals surface area contributed by atoms with Gasteiger partial charge in [-0.05, 0) is 43.5 Å². The van der Waals surface area contributed by atoms with Crippen molar-refractivity contribution in [1.29, 1.82) is 0 Å². The van der Waals surface area contributed by atoms with E-state index in [1.807, 2.05) is 30.7 Å². The fourth-order valence-electron chi connectivity index (χ4n) is 2.93. The highest BCUT2D eigenvalue weighted by atomic mass is 35.5. The van der Waals surface area contributed by atoms with Gasteiger partial charge in [0.25, 0.3) is 0 Å². The number of hydrogen-bond acceptors (Lipinski definition) is 2. The summed E-state index contributed by atoms with van der Waals surface area (Å²) in [7, 11) is 0. The lowest BCUT2D eigenvalue weighted by atomic mass is 9.81. The van der Waals surface area contributed by atoms with Gasteiger partial charge in [0.15, 0.2) is 0 Å². The van der Waals surface area contributed by atoms with Crippen LogP contribution in [0, 0.1) is 5.41 Å². The van der Waals surface area contributed by atoms with Gasteiger partial charge in [0.05, 0.1) is 18.2 Å². The third kappa shape index (κ3) is 2.89. The normalized spacial score (nSPS) is 18.1. The first-order chi connectivity index (χ1) is 9.66. The summed E-state index contributed by atoms with van der Waals surface area (Å²) in [6.45, 7) is 5.60. The minimum Gasteiger partial charge on any atom is -0.330 e. The van der Waals surface area contributed by atoms with Gasteiger partial charge < -0.3 is 9.88 Å². The van der Waals surface area contributed by atoms with E-state index in [0.29, 0.717) is 5.41 Å². The van der Waals surface area contributed by atoms with Crippen LogP contribution in [0.15, 0.2) is 36.8 Å². The van der Waals surface area contributed by atoms with Crippen molar-refractivity contribution in [3.05, 3.63) is 41.8 Å². The standard InChI is InChI=1S/C16H20ClN3/c1-16(5-7-18-8-6-16)11-20-12-19-10-15(20)13-3-2-4-14(17)9-13/h2-4,9-10,12,18H,5-8,11H2,1H3. The molecule has 4 heteroatoms. The molecule has 1 aliphatic rings. The van der Waals surface area contributed by atoms with Crippen molar-refractivity contribution >= 4 is 11.6 Å². The first-order valence-corrected chi connectivity index (χ1v) is 7.51. The highest BCUT2D eigenvalue weighted by Gasteiger charge is 2.27. The first-order valence-electron chi connectivity index (χ1n) is 7.13. The molecule has 0 saturated carbocycles. The lowest BCUT2D eigenvalue weighted by Crippen LogP contribution is -2.37. The van der Waals surface area contributed by atoms with Gasteiger partial charge in [-0.1, -0.05) is 30.7 Å². The van der Waals surface area contributed by atoms with E-state index in [-0.39, 0.29) is 0 Å². The smallest absolute Gasteiger partial charge is 0.0951 e. The van der Waals surface area contributed by atoms with Crippen LogP contribution in [0.4, 0.5) is 0 Å². The minimum atomic E-state index is 0.347. The summed E-state index contributed by atoms with van der Waals surface area (Å²) >= 11 is 6.10. The van der Waals surface area contributed by atoms with E-state index in [4.69, 9.17) is 11.6 Å². The Hall–Kier alpha value is -1.32. The molecular weight excluding hydrogens is 270 g/mol. The predicted octanol–water partition coefficient (Wildman–Crippen LogP) is 3.59. The lowest BCUT2D eigenvalue weighted by Gasteiger charge is -2.34. The highest BCUT2D eigenvalue weighted by Crippen LogP contribution is 2.32. The molecule has 0 atom stereocenters. The van der Waals surface area contributed by atoms with Gasteiger partial charge >= 0.3 is 0 Å². The molecule has 1 N–H and O–H groups in total. The summed E-state index contributed by atoms with van der Waals surface area (Å²) in [6, 6.07) is 7.98. The van der Waals surface area contributed by atoms with Crippen molar-refractivity contribution in [2.45, 2.75) is 26.3 Å². The summed E-state index contributed by atoms with van der Waals surface area (Å²) in [5.74, 6) is 0. The summed E-state index contributed by atoms with van der Waals surface area (Å²) < 4.78 is 2.26. The SMILES string of the molecule is CC1(Cn2cncc2-c2cccc(Cl)c2)CCNCC1. The largest absolute Gasteiger partial charge is 0.330 e. The Labute approximate surface area is 125 Å². The fraction of sp³-hybridized carbons (Fsp3) is 0.438. The van der Waals surface area contributed by atoms with Crippen LogP contribution in [0.3, 0.4) is 0 Å². The Morgan fingerprint density at radius 3 is 2.90 bits per heavy atom. The number of piperidine rings is 1. The van der Waals surface area contributed by atoms with Gasteiger partial charge in [-0.15, -0.1) is 0 Å². The summed E-state index contributed by atoms with van der Waals surface area (Å²) in [6.07, 6.45) is 6.28. The Morgan fingerprint density at radius 1 is 1.35 bits per heavy atom. The van der Waals surface area contributed by atoms with Gasteiger partial charge in [0, 0.05) is 17.1 Å². The van der Waals surface area contributed by atoms with Crippen molar-refractivity contribution < 1.29 is 0 Å². The van der Waals surface area contributed by atoms with Gasteiger partial charge in [0.1, 0.15) is 0 Å². The molecule has 2 heterocycles. The molecule has 0 amide bonds. The van der Waals surface area contributed by atoms with Crippen LogP contribution in [-0.4, -0.2) is 22.6 Å². The van der Waals surface area contributed by atoms with E-state index in [2.05, 4.69) is 27.9 Å². The molecule has 3 rings (SSSR count). The second-order valence-electron chi connectivity index (χ2n) is 5.98. The van der Waals surface area contributed by atoms with Crippen LogP contribution in [0.25, 0.3) is 11.3 Å². The van der Waals surface area contributed by atoms with E-state index < -0.39 is 0 Å². The fourth-order valence-corrected chi connectivity index (χ4v) is 3.12. The third-order valence-electron chi connectivity index (χ3n) is 4.20. The number of nitrogens with zero attached hydrogens (tertiary/aromatic N) is 2. The third-order valence-corrected chi connectivity index (χ3v) is 4.43. The monoisotopic (exact) mass is 289 g/mol. The summed E-state index contributed by atoms with van der Waals surface area (Å²) in [4.78, 5) is 4.33. The molecule has 1 fully saturated rings. The molecule has 0 bridgehead atoms. The molecule has 1 saturated heterocycles. The Balaban J connectivity index is 1.87. The van der Waals surface area contributed by atoms with Crippen LogP contribution < -0.4 is 5.32 Å². The molecule has 0 aliphatic carbocycles. The van der Waals surface area contributed by atoms with Crippen LogP contribution in [0.5, 0.6) is 0 Å². The lowest BCUT2D eigenvalue weighted by molar-refractivity contribution is 0.195. The molecule has 2 aromatic rings. The Bertz CT molecular complexity index is 585. The van der Waals surface area contributed by atoms with Crippen molar-refractivity contribution in [3.63, 3.8) is 0 Å². The zero-order valence-electron chi connectivity index (χ0n) is 11.8. The average Bonchev–Trinajstić information content (AvgIpc) is 2.87. The number of benzene rings is 1. The number of hydrogen-bond donors (Lipinski definition) is 1. The molecule has 0 radical (unpaired) electrons. The van der Waals surface area contributed by atoms with Gasteiger partial charge in [0.2, 0.25) is 0 Å². The highest BCUT2D eigenvalue weighted by molar-refractivity contribution is 6.30. The average molecular weight is 290 g/mol. The molecule has 1 aromatic carbocycles. The maximum Gasteiger partial charge on any atom is 0.0951 e. The molecule has 1 aliphatic heterocycles. The molecule has 0 spiro atoms. The van der Waals surface area contributed by atoms with E-state index in [1.165, 1.54) is 12.8 Å². The van der Waals surface area contributed by atoms with Crippen LogP contribution in [0.2, 0.25) is 5.02 Å². The molecule has 1 aromatic heterocycles. The molecular formula is C16H20ClN3. The number of halogens is 1. The zero-order chi connectivity index (χ0) is 14.0. The molecule has 3 nitrogen and oxygen atoms in total. The van der Waals surface area contributed by atoms with Crippen molar-refractivity contribution in [2.24, 2.45) is 5.41 Å². The van der Waals surface area contributed by atoms with E-state index >= 15 is 0 Å². The van der Waals surface area contributed by atoms with Gasteiger partial charge in [-0.2, -0.15) is 0 Å². The quantitative estimate of drug-likeness (QED) is 0.936. The van der Waals surface area contributed by atoms with Crippen molar-refractivity contribution in [1.82, 2.24) is 14.9 Å². The Morgan fingerprint density at radius 2 is 2.15 bits per heavy atom. The zero-order valence-corrected chi connectivity index (χ0v) is 12.5. The molecule has 106 valence electrons. The van der Waals surface area contributed by atoms with E-state index in [9.17, 15) is 0 Å². The predicted molar refractivity (Wildman–Crippen MR) is 82.9 cm³/mol. The number of nitrogens with one attached hydrogen (secondary N) is 1. The summed E-state index contributed by atoms with van der Waals surface area (Å²) in [5, 5.41) is 4.20. The van der Waals surface area contributed by atoms with E-state index in [0.717, 1.165) is 35.9 Å². The maximum absolute atomic E-state index is 6.10. The Kier molecular flexibility index (Phi) is 3.81. The van der Waals surface area contributed by atoms with Gasteiger partial charge in [-0.25, -0.2) is 4.98 Å². The maximum atomic E-state index is 6.10. The number of imidazole rings is 1.